The topological polar surface area (TPSA) is 21.3 Å². The van der Waals surface area contributed by atoms with Crippen molar-refractivity contribution in [2.45, 2.75) is 70.6 Å². The Kier molecular flexibility index (Phi) is 3.53. The lowest BCUT2D eigenvalue weighted by Crippen LogP contribution is -2.30. The van der Waals surface area contributed by atoms with Crippen molar-refractivity contribution in [3.05, 3.63) is 29.3 Å². The maximum absolute atomic E-state index is 6.13. The first-order valence-corrected chi connectivity index (χ1v) is 7.67. The molecular formula is C17H25NO. The van der Waals surface area contributed by atoms with Crippen molar-refractivity contribution in [2.75, 3.05) is 0 Å². The summed E-state index contributed by atoms with van der Waals surface area (Å²) < 4.78 is 6.13. The van der Waals surface area contributed by atoms with Crippen molar-refractivity contribution >= 4 is 0 Å². The standard InChI is InChI=1S/C17H25NO/c1-17(2)11-13-7-6-8-14(16(13)19-17)12-18-15-9-4-3-5-10-15/h6-8,15,18H,3-5,9-12H2,1-2H3. The summed E-state index contributed by atoms with van der Waals surface area (Å²) in [6.07, 6.45) is 7.88. The Hall–Kier alpha value is -1.02. The summed E-state index contributed by atoms with van der Waals surface area (Å²) in [6.45, 7) is 5.29. The lowest BCUT2D eigenvalue weighted by Gasteiger charge is -2.23. The minimum atomic E-state index is -0.0384. The van der Waals surface area contributed by atoms with Crippen LogP contribution in [-0.2, 0) is 13.0 Å². The molecule has 1 aromatic rings. The molecule has 0 spiro atoms. The van der Waals surface area contributed by atoms with E-state index in [0.29, 0.717) is 6.04 Å². The van der Waals surface area contributed by atoms with Crippen LogP contribution < -0.4 is 10.1 Å². The molecule has 1 fully saturated rings. The van der Waals surface area contributed by atoms with Gasteiger partial charge in [0.15, 0.2) is 0 Å². The maximum Gasteiger partial charge on any atom is 0.127 e. The van der Waals surface area contributed by atoms with Crippen molar-refractivity contribution in [2.24, 2.45) is 0 Å². The molecule has 0 bridgehead atoms. The van der Waals surface area contributed by atoms with Crippen LogP contribution in [0.25, 0.3) is 0 Å². The number of hydrogen-bond acceptors (Lipinski definition) is 2. The molecule has 2 heteroatoms. The zero-order valence-corrected chi connectivity index (χ0v) is 12.2. The molecule has 0 radical (unpaired) electrons. The SMILES string of the molecule is CC1(C)Cc2cccc(CNC3CCCCC3)c2O1. The molecule has 0 saturated heterocycles. The number of hydrogen-bond donors (Lipinski definition) is 1. The molecule has 19 heavy (non-hydrogen) atoms. The van der Waals surface area contributed by atoms with E-state index in [-0.39, 0.29) is 5.60 Å². The van der Waals surface area contributed by atoms with Gasteiger partial charge >= 0.3 is 0 Å². The molecule has 1 heterocycles. The third-order valence-corrected chi connectivity index (χ3v) is 4.36. The fourth-order valence-corrected chi connectivity index (χ4v) is 3.38. The Morgan fingerprint density at radius 1 is 1.21 bits per heavy atom. The summed E-state index contributed by atoms with van der Waals surface area (Å²) in [5.41, 5.74) is 2.66. The van der Waals surface area contributed by atoms with Gasteiger partial charge in [0.25, 0.3) is 0 Å². The smallest absolute Gasteiger partial charge is 0.127 e. The lowest BCUT2D eigenvalue weighted by molar-refractivity contribution is 0.137. The van der Waals surface area contributed by atoms with Crippen molar-refractivity contribution in [3.8, 4) is 5.75 Å². The fourth-order valence-electron chi connectivity index (χ4n) is 3.38. The first kappa shape index (κ1) is 13.0. The van der Waals surface area contributed by atoms with E-state index in [9.17, 15) is 0 Å². The van der Waals surface area contributed by atoms with Crippen molar-refractivity contribution in [3.63, 3.8) is 0 Å². The van der Waals surface area contributed by atoms with Crippen LogP contribution in [0.2, 0.25) is 0 Å². The molecule has 1 saturated carbocycles. The number of fused-ring (bicyclic) bond motifs is 1. The molecule has 2 nitrogen and oxygen atoms in total. The Balaban J connectivity index is 1.67. The van der Waals surface area contributed by atoms with Gasteiger partial charge in [0.05, 0.1) is 0 Å². The summed E-state index contributed by atoms with van der Waals surface area (Å²) in [5, 5.41) is 3.71. The quantitative estimate of drug-likeness (QED) is 0.891. The van der Waals surface area contributed by atoms with Crippen molar-refractivity contribution in [1.29, 1.82) is 0 Å². The Labute approximate surface area is 116 Å². The number of benzene rings is 1. The molecule has 2 aliphatic rings. The Morgan fingerprint density at radius 2 is 2.00 bits per heavy atom. The first-order valence-electron chi connectivity index (χ1n) is 7.67. The summed E-state index contributed by atoms with van der Waals surface area (Å²) in [4.78, 5) is 0. The van der Waals surface area contributed by atoms with Gasteiger partial charge in [0.2, 0.25) is 0 Å². The number of nitrogens with one attached hydrogen (secondary N) is 1. The molecule has 3 rings (SSSR count). The van der Waals surface area contributed by atoms with Gasteiger partial charge in [-0.15, -0.1) is 0 Å². The molecule has 1 N–H and O–H groups in total. The molecule has 0 amide bonds. The third-order valence-electron chi connectivity index (χ3n) is 4.36. The largest absolute Gasteiger partial charge is 0.487 e. The summed E-state index contributed by atoms with van der Waals surface area (Å²) in [7, 11) is 0. The van der Waals surface area contributed by atoms with Crippen LogP contribution in [0, 0.1) is 0 Å². The monoisotopic (exact) mass is 259 g/mol. The van der Waals surface area contributed by atoms with Gasteiger partial charge in [-0.1, -0.05) is 37.5 Å². The Bertz CT molecular complexity index is 447. The lowest BCUT2D eigenvalue weighted by atomic mass is 9.95. The second kappa shape index (κ2) is 5.16. The van der Waals surface area contributed by atoms with E-state index in [0.717, 1.165) is 18.7 Å². The highest BCUT2D eigenvalue weighted by molar-refractivity contribution is 5.45. The molecule has 104 valence electrons. The van der Waals surface area contributed by atoms with E-state index in [2.05, 4.69) is 37.4 Å². The zero-order chi connectivity index (χ0) is 13.3. The molecule has 0 unspecified atom stereocenters. The zero-order valence-electron chi connectivity index (χ0n) is 12.2. The fraction of sp³-hybridized carbons (Fsp3) is 0.647. The van der Waals surface area contributed by atoms with Gasteiger partial charge in [-0.05, 0) is 32.3 Å². The molecule has 0 atom stereocenters. The normalized spacial score (nSPS) is 22.0. The number of ether oxygens (including phenoxy) is 1. The minimum Gasteiger partial charge on any atom is -0.487 e. The molecule has 1 aromatic carbocycles. The van der Waals surface area contributed by atoms with Crippen LogP contribution in [0.3, 0.4) is 0 Å². The number of para-hydroxylation sites is 1. The highest BCUT2D eigenvalue weighted by Crippen LogP contribution is 2.37. The van der Waals surface area contributed by atoms with Crippen molar-refractivity contribution < 1.29 is 4.74 Å². The van der Waals surface area contributed by atoms with Gasteiger partial charge < -0.3 is 10.1 Å². The van der Waals surface area contributed by atoms with Gasteiger partial charge in [-0.25, -0.2) is 0 Å². The summed E-state index contributed by atoms with van der Waals surface area (Å²) in [6, 6.07) is 7.28. The molecular weight excluding hydrogens is 234 g/mol. The van der Waals surface area contributed by atoms with Crippen LogP contribution >= 0.6 is 0 Å². The summed E-state index contributed by atoms with van der Waals surface area (Å²) in [5.74, 6) is 1.14. The third kappa shape index (κ3) is 2.94. The maximum atomic E-state index is 6.13. The average molecular weight is 259 g/mol. The highest BCUT2D eigenvalue weighted by Gasteiger charge is 2.31. The van der Waals surface area contributed by atoms with Crippen molar-refractivity contribution in [1.82, 2.24) is 5.32 Å². The van der Waals surface area contributed by atoms with Gasteiger partial charge in [0.1, 0.15) is 11.4 Å². The van der Waals surface area contributed by atoms with Crippen LogP contribution in [0.15, 0.2) is 18.2 Å². The number of rotatable bonds is 3. The molecule has 1 aliphatic carbocycles. The van der Waals surface area contributed by atoms with E-state index >= 15 is 0 Å². The van der Waals surface area contributed by atoms with Gasteiger partial charge in [0, 0.05) is 24.6 Å². The highest BCUT2D eigenvalue weighted by atomic mass is 16.5. The van der Waals surface area contributed by atoms with Crippen LogP contribution in [-0.4, -0.2) is 11.6 Å². The van der Waals surface area contributed by atoms with Gasteiger partial charge in [-0.3, -0.25) is 0 Å². The molecule has 1 aliphatic heterocycles. The van der Waals surface area contributed by atoms with Crippen LogP contribution in [0.5, 0.6) is 5.75 Å². The second-order valence-electron chi connectivity index (χ2n) is 6.66. The predicted octanol–water partition coefficient (Wildman–Crippen LogP) is 3.82. The van der Waals surface area contributed by atoms with E-state index < -0.39 is 0 Å². The van der Waals surface area contributed by atoms with Gasteiger partial charge in [-0.2, -0.15) is 0 Å². The average Bonchev–Trinajstić information content (AvgIpc) is 2.72. The predicted molar refractivity (Wildman–Crippen MR) is 78.6 cm³/mol. The Morgan fingerprint density at radius 3 is 2.79 bits per heavy atom. The van der Waals surface area contributed by atoms with E-state index in [4.69, 9.17) is 4.74 Å². The summed E-state index contributed by atoms with van der Waals surface area (Å²) >= 11 is 0. The minimum absolute atomic E-state index is 0.0384. The van der Waals surface area contributed by atoms with E-state index in [1.54, 1.807) is 0 Å². The van der Waals surface area contributed by atoms with Crippen LogP contribution in [0.4, 0.5) is 0 Å². The van der Waals surface area contributed by atoms with E-state index in [1.807, 2.05) is 0 Å². The van der Waals surface area contributed by atoms with Crippen LogP contribution in [0.1, 0.15) is 57.1 Å². The van der Waals surface area contributed by atoms with E-state index in [1.165, 1.54) is 43.2 Å². The molecule has 0 aromatic heterocycles. The second-order valence-corrected chi connectivity index (χ2v) is 6.66. The first-order chi connectivity index (χ1) is 9.14.